The van der Waals surface area contributed by atoms with E-state index in [1.807, 2.05) is 6.07 Å². The van der Waals surface area contributed by atoms with Crippen molar-refractivity contribution in [1.29, 1.82) is 10.7 Å². The molecule has 106 valence electrons. The molecule has 1 aliphatic rings. The number of aryl methyl sites for hydroxylation is 1. The second-order valence-electron chi connectivity index (χ2n) is 4.59. The lowest BCUT2D eigenvalue weighted by Gasteiger charge is -2.26. The number of ether oxygens (including phenoxy) is 1. The van der Waals surface area contributed by atoms with E-state index >= 15 is 0 Å². The molecule has 0 bridgehead atoms. The number of nitriles is 1. The van der Waals surface area contributed by atoms with Gasteiger partial charge in [-0.05, 0) is 12.5 Å². The molecule has 0 aromatic carbocycles. The fourth-order valence-corrected chi connectivity index (χ4v) is 3.20. The van der Waals surface area contributed by atoms with Crippen LogP contribution in [0.3, 0.4) is 0 Å². The predicted molar refractivity (Wildman–Crippen MR) is 73.6 cm³/mol. The lowest BCUT2D eigenvalue weighted by Crippen LogP contribution is -2.30. The molecule has 2 aromatic heterocycles. The number of H-pyrrole nitrogens is 1. The molecule has 1 aliphatic heterocycles. The average molecular weight is 303 g/mol. The summed E-state index contributed by atoms with van der Waals surface area (Å²) in [5.41, 5.74) is 2.01. The maximum Gasteiger partial charge on any atom is 0.324 e. The Labute approximate surface area is 122 Å². The lowest BCUT2D eigenvalue weighted by atomic mass is 9.81. The van der Waals surface area contributed by atoms with E-state index in [2.05, 4.69) is 10.2 Å². The second kappa shape index (κ2) is 4.68. The maximum atomic E-state index is 10.8. The molecule has 0 saturated carbocycles. The number of nitro groups is 1. The molecule has 3 heterocycles. The zero-order chi connectivity index (χ0) is 15.1. The first-order chi connectivity index (χ1) is 10.0. The molecule has 8 nitrogen and oxygen atoms in total. The third kappa shape index (κ3) is 1.96. The summed E-state index contributed by atoms with van der Waals surface area (Å²) in [7, 11) is 0. The number of rotatable bonds is 2. The van der Waals surface area contributed by atoms with Crippen molar-refractivity contribution < 1.29 is 9.66 Å². The van der Waals surface area contributed by atoms with Crippen LogP contribution in [0.1, 0.15) is 22.7 Å². The molecule has 9 heteroatoms. The molecule has 0 radical (unpaired) electrons. The summed E-state index contributed by atoms with van der Waals surface area (Å²) in [6.45, 7) is 1.78. The van der Waals surface area contributed by atoms with Crippen molar-refractivity contribution in [2.75, 3.05) is 0 Å². The van der Waals surface area contributed by atoms with Crippen LogP contribution in [0.5, 0.6) is 5.88 Å². The van der Waals surface area contributed by atoms with Gasteiger partial charge in [-0.15, -0.1) is 5.10 Å². The van der Waals surface area contributed by atoms with Crippen molar-refractivity contribution in [3.05, 3.63) is 38.4 Å². The summed E-state index contributed by atoms with van der Waals surface area (Å²) >= 11 is 0.998. The minimum absolute atomic E-state index is 0.00223. The number of hydrogen-bond donors (Lipinski definition) is 2. The number of aromatic nitrogens is 2. The van der Waals surface area contributed by atoms with E-state index in [9.17, 15) is 15.4 Å². The highest BCUT2D eigenvalue weighted by atomic mass is 32.1. The van der Waals surface area contributed by atoms with Crippen LogP contribution in [0.15, 0.2) is 11.4 Å². The molecule has 2 unspecified atom stereocenters. The molecule has 2 N–H and O–H groups in total. The summed E-state index contributed by atoms with van der Waals surface area (Å²) in [5, 5.41) is 36.4. The summed E-state index contributed by atoms with van der Waals surface area (Å²) in [5.74, 6) is -1.27. The second-order valence-corrected chi connectivity index (χ2v) is 5.48. The highest BCUT2D eigenvalue weighted by Gasteiger charge is 2.40. The van der Waals surface area contributed by atoms with E-state index in [1.165, 1.54) is 6.07 Å². The van der Waals surface area contributed by atoms with Gasteiger partial charge in [0, 0.05) is 28.6 Å². The average Bonchev–Trinajstić information content (AvgIpc) is 3.05. The highest BCUT2D eigenvalue weighted by Crippen LogP contribution is 2.44. The summed E-state index contributed by atoms with van der Waals surface area (Å²) in [4.78, 5) is 10.4. The predicted octanol–water partition coefficient (Wildman–Crippen LogP) is 2.33. The molecule has 3 rings (SSSR count). The molecule has 0 saturated heterocycles. The maximum absolute atomic E-state index is 10.8. The monoisotopic (exact) mass is 303 g/mol. The van der Waals surface area contributed by atoms with Crippen LogP contribution >= 0.6 is 11.3 Å². The number of thiophene rings is 1. The number of hydrogen-bond acceptors (Lipinski definition) is 7. The van der Waals surface area contributed by atoms with Crippen molar-refractivity contribution >= 4 is 22.2 Å². The minimum Gasteiger partial charge on any atom is -0.422 e. The molecule has 0 aliphatic carbocycles. The molecule has 0 fully saturated rings. The molecule has 0 spiro atoms. The summed E-state index contributed by atoms with van der Waals surface area (Å²) in [6, 6.07) is 3.48. The quantitative estimate of drug-likeness (QED) is 0.649. The van der Waals surface area contributed by atoms with Gasteiger partial charge < -0.3 is 4.74 Å². The van der Waals surface area contributed by atoms with Crippen LogP contribution in [-0.4, -0.2) is 21.0 Å². The van der Waals surface area contributed by atoms with Crippen LogP contribution in [-0.2, 0) is 0 Å². The number of fused-ring (bicyclic) bond motifs is 1. The van der Waals surface area contributed by atoms with Crippen LogP contribution in [0.25, 0.3) is 0 Å². The van der Waals surface area contributed by atoms with Gasteiger partial charge in [0.05, 0.1) is 11.0 Å². The van der Waals surface area contributed by atoms with Crippen LogP contribution < -0.4 is 4.74 Å². The van der Waals surface area contributed by atoms with Gasteiger partial charge >= 0.3 is 5.00 Å². The Bertz CT molecular complexity index is 787. The third-order valence-corrected chi connectivity index (χ3v) is 4.28. The van der Waals surface area contributed by atoms with Gasteiger partial charge in [-0.2, -0.15) is 5.26 Å². The molecule has 2 aromatic rings. The van der Waals surface area contributed by atoms with Crippen molar-refractivity contribution in [2.24, 2.45) is 5.92 Å². The van der Waals surface area contributed by atoms with Gasteiger partial charge in [0.1, 0.15) is 5.92 Å². The smallest absolute Gasteiger partial charge is 0.324 e. The van der Waals surface area contributed by atoms with Gasteiger partial charge in [0.25, 0.3) is 0 Å². The molecule has 2 atom stereocenters. The standard InChI is InChI=1S/C12H9N5O3S/c1-5-9-10(6-2-8(17(18)19)21-4-6)7(3-13)11(14)20-12(9)16-15-5/h2,4,7,10,14H,1H3,(H,15,16). The van der Waals surface area contributed by atoms with E-state index in [4.69, 9.17) is 10.1 Å². The first-order valence-corrected chi connectivity index (χ1v) is 6.84. The van der Waals surface area contributed by atoms with Gasteiger partial charge in [0.15, 0.2) is 0 Å². The SMILES string of the molecule is Cc1[nH]nc2c1C(c1csc([N+](=O)[O-])c1)C(C#N)C(=N)O2. The van der Waals surface area contributed by atoms with Crippen molar-refractivity contribution in [3.8, 4) is 11.9 Å². The first-order valence-electron chi connectivity index (χ1n) is 5.96. The van der Waals surface area contributed by atoms with E-state index in [0.29, 0.717) is 11.1 Å². The van der Waals surface area contributed by atoms with E-state index in [0.717, 1.165) is 17.0 Å². The lowest BCUT2D eigenvalue weighted by molar-refractivity contribution is -0.380. The number of aromatic amines is 1. The van der Waals surface area contributed by atoms with E-state index in [-0.39, 0.29) is 16.8 Å². The van der Waals surface area contributed by atoms with E-state index in [1.54, 1.807) is 12.3 Å². The zero-order valence-electron chi connectivity index (χ0n) is 10.8. The highest BCUT2D eigenvalue weighted by molar-refractivity contribution is 7.13. The normalized spacial score (nSPS) is 20.5. The Morgan fingerprint density at radius 2 is 2.43 bits per heavy atom. The number of nitrogens with zero attached hydrogens (tertiary/aromatic N) is 3. The Balaban J connectivity index is 2.16. The minimum atomic E-state index is -0.831. The van der Waals surface area contributed by atoms with Gasteiger partial charge in [-0.1, -0.05) is 11.3 Å². The molecule has 21 heavy (non-hydrogen) atoms. The first kappa shape index (κ1) is 13.3. The molecular weight excluding hydrogens is 294 g/mol. The third-order valence-electron chi connectivity index (χ3n) is 3.38. The van der Waals surface area contributed by atoms with Crippen molar-refractivity contribution in [3.63, 3.8) is 0 Å². The van der Waals surface area contributed by atoms with Crippen LogP contribution in [0.4, 0.5) is 5.00 Å². The van der Waals surface area contributed by atoms with Gasteiger partial charge in [-0.3, -0.25) is 20.6 Å². The topological polar surface area (TPSA) is 129 Å². The van der Waals surface area contributed by atoms with Crippen molar-refractivity contribution in [1.82, 2.24) is 10.2 Å². The van der Waals surface area contributed by atoms with Crippen molar-refractivity contribution in [2.45, 2.75) is 12.8 Å². The largest absolute Gasteiger partial charge is 0.422 e. The van der Waals surface area contributed by atoms with Gasteiger partial charge in [0.2, 0.25) is 11.8 Å². The summed E-state index contributed by atoms with van der Waals surface area (Å²) in [6.07, 6.45) is 0. The van der Waals surface area contributed by atoms with Crippen LogP contribution in [0.2, 0.25) is 0 Å². The molecular formula is C12H9N5O3S. The number of nitrogens with one attached hydrogen (secondary N) is 2. The fourth-order valence-electron chi connectivity index (χ4n) is 2.44. The Hall–Kier alpha value is -2.73. The Morgan fingerprint density at radius 3 is 3.05 bits per heavy atom. The zero-order valence-corrected chi connectivity index (χ0v) is 11.6. The summed E-state index contributed by atoms with van der Waals surface area (Å²) < 4.78 is 5.25. The Morgan fingerprint density at radius 1 is 1.67 bits per heavy atom. The van der Waals surface area contributed by atoms with Gasteiger partial charge in [-0.25, -0.2) is 0 Å². The molecule has 0 amide bonds. The Kier molecular flexibility index (Phi) is 2.95. The fraction of sp³-hybridized carbons (Fsp3) is 0.250. The van der Waals surface area contributed by atoms with Crippen LogP contribution in [0, 0.1) is 39.7 Å². The van der Waals surface area contributed by atoms with E-state index < -0.39 is 16.8 Å².